The van der Waals surface area contributed by atoms with Gasteiger partial charge in [-0.2, -0.15) is 0 Å². The molecule has 100 valence electrons. The summed E-state index contributed by atoms with van der Waals surface area (Å²) in [7, 11) is 3.86. The number of hydrogen-bond donors (Lipinski definition) is 1. The van der Waals surface area contributed by atoms with Crippen LogP contribution in [0.25, 0.3) is 0 Å². The number of aromatic nitrogens is 1. The molecule has 17 heavy (non-hydrogen) atoms. The van der Waals surface area contributed by atoms with Crippen LogP contribution >= 0.6 is 36.2 Å². The van der Waals surface area contributed by atoms with Crippen molar-refractivity contribution in [2.75, 3.05) is 27.2 Å². The molecule has 0 amide bonds. The number of hydrogen-bond acceptors (Lipinski definition) is 5. The van der Waals surface area contributed by atoms with Gasteiger partial charge in [0.15, 0.2) is 0 Å². The van der Waals surface area contributed by atoms with Crippen LogP contribution in [0.2, 0.25) is 0 Å². The SMILES string of the molecule is COCc1nc(CN(C)C2CNC2)cs1.Cl.Cl. The Hall–Kier alpha value is 0.0900. The van der Waals surface area contributed by atoms with E-state index in [1.807, 2.05) is 0 Å². The van der Waals surface area contributed by atoms with E-state index in [9.17, 15) is 0 Å². The van der Waals surface area contributed by atoms with Crippen molar-refractivity contribution in [3.63, 3.8) is 0 Å². The monoisotopic (exact) mass is 299 g/mol. The zero-order valence-electron chi connectivity index (χ0n) is 10.0. The highest BCUT2D eigenvalue weighted by molar-refractivity contribution is 7.09. The molecule has 1 saturated heterocycles. The Morgan fingerprint density at radius 2 is 2.24 bits per heavy atom. The number of rotatable bonds is 5. The van der Waals surface area contributed by atoms with Crippen molar-refractivity contribution in [3.05, 3.63) is 16.1 Å². The second-order valence-electron chi connectivity index (χ2n) is 3.89. The average Bonchev–Trinajstić information content (AvgIpc) is 2.49. The van der Waals surface area contributed by atoms with Gasteiger partial charge in [0.25, 0.3) is 0 Å². The van der Waals surface area contributed by atoms with E-state index in [1.165, 1.54) is 0 Å². The smallest absolute Gasteiger partial charge is 0.119 e. The Morgan fingerprint density at radius 3 is 2.76 bits per heavy atom. The molecule has 4 nitrogen and oxygen atoms in total. The van der Waals surface area contributed by atoms with Crippen LogP contribution < -0.4 is 5.32 Å². The topological polar surface area (TPSA) is 37.4 Å². The van der Waals surface area contributed by atoms with Gasteiger partial charge < -0.3 is 10.1 Å². The fraction of sp³-hybridized carbons (Fsp3) is 0.700. The number of nitrogens with zero attached hydrogens (tertiary/aromatic N) is 2. The summed E-state index contributed by atoms with van der Waals surface area (Å²) in [6, 6.07) is 0.678. The van der Waals surface area contributed by atoms with Crippen LogP contribution in [0, 0.1) is 0 Å². The molecule has 0 aromatic carbocycles. The summed E-state index contributed by atoms with van der Waals surface area (Å²) in [6.07, 6.45) is 0. The van der Waals surface area contributed by atoms with Gasteiger partial charge >= 0.3 is 0 Å². The first-order valence-electron chi connectivity index (χ1n) is 5.12. The van der Waals surface area contributed by atoms with E-state index in [0.29, 0.717) is 12.6 Å². The minimum Gasteiger partial charge on any atom is -0.378 e. The van der Waals surface area contributed by atoms with E-state index in [-0.39, 0.29) is 24.8 Å². The van der Waals surface area contributed by atoms with Crippen LogP contribution in [0.15, 0.2) is 5.38 Å². The van der Waals surface area contributed by atoms with Crippen molar-refractivity contribution >= 4 is 36.2 Å². The van der Waals surface area contributed by atoms with Gasteiger partial charge in [-0.15, -0.1) is 36.2 Å². The van der Waals surface area contributed by atoms with Crippen molar-refractivity contribution in [1.29, 1.82) is 0 Å². The molecular weight excluding hydrogens is 281 g/mol. The van der Waals surface area contributed by atoms with E-state index in [2.05, 4.69) is 27.6 Å². The van der Waals surface area contributed by atoms with E-state index in [1.54, 1.807) is 18.4 Å². The number of likely N-dealkylation sites (N-methyl/N-ethyl adjacent to an activating group) is 1. The molecule has 0 unspecified atom stereocenters. The largest absolute Gasteiger partial charge is 0.378 e. The molecule has 1 fully saturated rings. The van der Waals surface area contributed by atoms with E-state index >= 15 is 0 Å². The maximum atomic E-state index is 5.05. The van der Waals surface area contributed by atoms with Gasteiger partial charge in [0.1, 0.15) is 5.01 Å². The highest BCUT2D eigenvalue weighted by Gasteiger charge is 2.21. The summed E-state index contributed by atoms with van der Waals surface area (Å²) in [6.45, 7) is 3.77. The molecule has 1 aliphatic heterocycles. The average molecular weight is 300 g/mol. The number of ether oxygens (including phenoxy) is 1. The van der Waals surface area contributed by atoms with E-state index < -0.39 is 0 Å². The van der Waals surface area contributed by atoms with Gasteiger partial charge in [-0.05, 0) is 7.05 Å². The standard InChI is InChI=1S/C10H17N3OS.2ClH/c1-13(9-3-11-4-9)5-8-7-15-10(12-8)6-14-2;;/h7,9,11H,3-6H2,1-2H3;2*1H. The van der Waals surface area contributed by atoms with Gasteiger partial charge in [0.05, 0.1) is 12.3 Å². The molecule has 0 spiro atoms. The molecule has 1 aromatic rings. The summed E-state index contributed by atoms with van der Waals surface area (Å²) < 4.78 is 5.05. The molecule has 2 rings (SSSR count). The summed E-state index contributed by atoms with van der Waals surface area (Å²) >= 11 is 1.68. The summed E-state index contributed by atoms with van der Waals surface area (Å²) in [5.74, 6) is 0. The molecule has 0 aliphatic carbocycles. The lowest BCUT2D eigenvalue weighted by molar-refractivity contribution is 0.170. The molecule has 1 aromatic heterocycles. The lowest BCUT2D eigenvalue weighted by atomic mass is 10.1. The second kappa shape index (κ2) is 8.24. The highest BCUT2D eigenvalue weighted by Crippen LogP contribution is 2.14. The predicted molar refractivity (Wildman–Crippen MR) is 75.4 cm³/mol. The Kier molecular flexibility index (Phi) is 8.28. The minimum atomic E-state index is 0. The quantitative estimate of drug-likeness (QED) is 0.895. The highest BCUT2D eigenvalue weighted by atomic mass is 35.5. The number of thiazole rings is 1. The molecule has 2 heterocycles. The molecule has 0 atom stereocenters. The number of nitrogens with one attached hydrogen (secondary N) is 1. The second-order valence-corrected chi connectivity index (χ2v) is 4.84. The van der Waals surface area contributed by atoms with Crippen molar-refractivity contribution < 1.29 is 4.74 Å². The van der Waals surface area contributed by atoms with Crippen LogP contribution in [0.5, 0.6) is 0 Å². The molecule has 0 radical (unpaired) electrons. The summed E-state index contributed by atoms with van der Waals surface area (Å²) in [5, 5.41) is 6.46. The predicted octanol–water partition coefficient (Wildman–Crippen LogP) is 1.54. The van der Waals surface area contributed by atoms with Gasteiger partial charge in [-0.3, -0.25) is 4.90 Å². The Balaban J connectivity index is 0.00000128. The molecule has 7 heteroatoms. The lowest BCUT2D eigenvalue weighted by Crippen LogP contribution is -2.55. The van der Waals surface area contributed by atoms with E-state index in [4.69, 9.17) is 4.74 Å². The molecule has 1 aliphatic rings. The number of halogens is 2. The molecular formula is C10H19Cl2N3OS. The van der Waals surface area contributed by atoms with Gasteiger partial charge in [-0.1, -0.05) is 0 Å². The Bertz CT molecular complexity index is 320. The minimum absolute atomic E-state index is 0. The Morgan fingerprint density at radius 1 is 1.53 bits per heavy atom. The van der Waals surface area contributed by atoms with Crippen LogP contribution in [-0.4, -0.2) is 43.2 Å². The van der Waals surface area contributed by atoms with Crippen molar-refractivity contribution in [3.8, 4) is 0 Å². The fourth-order valence-corrected chi connectivity index (χ4v) is 2.34. The lowest BCUT2D eigenvalue weighted by Gasteiger charge is -2.35. The third-order valence-electron chi connectivity index (χ3n) is 2.66. The normalized spacial score (nSPS) is 15.0. The fourth-order valence-electron chi connectivity index (χ4n) is 1.58. The molecule has 0 bridgehead atoms. The van der Waals surface area contributed by atoms with Crippen molar-refractivity contribution in [1.82, 2.24) is 15.2 Å². The third kappa shape index (κ3) is 4.69. The summed E-state index contributed by atoms with van der Waals surface area (Å²) in [5.41, 5.74) is 1.15. The zero-order chi connectivity index (χ0) is 10.7. The molecule has 1 N–H and O–H groups in total. The zero-order valence-corrected chi connectivity index (χ0v) is 12.5. The van der Waals surface area contributed by atoms with Gasteiger partial charge in [-0.25, -0.2) is 4.98 Å². The van der Waals surface area contributed by atoms with Crippen LogP contribution in [0.3, 0.4) is 0 Å². The first-order chi connectivity index (χ1) is 7.29. The number of methoxy groups -OCH3 is 1. The van der Waals surface area contributed by atoms with E-state index in [0.717, 1.165) is 30.3 Å². The maximum absolute atomic E-state index is 5.05. The third-order valence-corrected chi connectivity index (χ3v) is 3.53. The molecule has 0 saturated carbocycles. The first kappa shape index (κ1) is 17.1. The van der Waals surface area contributed by atoms with Crippen LogP contribution in [0.1, 0.15) is 10.7 Å². The van der Waals surface area contributed by atoms with Crippen molar-refractivity contribution in [2.45, 2.75) is 19.2 Å². The summed E-state index contributed by atoms with van der Waals surface area (Å²) in [4.78, 5) is 6.86. The first-order valence-corrected chi connectivity index (χ1v) is 6.00. The van der Waals surface area contributed by atoms with Crippen LogP contribution in [0.4, 0.5) is 0 Å². The van der Waals surface area contributed by atoms with Gasteiger partial charge in [0, 0.05) is 38.2 Å². The Labute approximate surface area is 119 Å². The van der Waals surface area contributed by atoms with Gasteiger partial charge in [0.2, 0.25) is 0 Å². The van der Waals surface area contributed by atoms with Crippen LogP contribution in [-0.2, 0) is 17.9 Å². The maximum Gasteiger partial charge on any atom is 0.119 e. The van der Waals surface area contributed by atoms with Crippen molar-refractivity contribution in [2.24, 2.45) is 0 Å².